The van der Waals surface area contributed by atoms with Crippen molar-refractivity contribution in [1.82, 2.24) is 15.1 Å². The van der Waals surface area contributed by atoms with E-state index in [2.05, 4.69) is 10.2 Å². The number of thioether (sulfide) groups is 1. The lowest BCUT2D eigenvalue weighted by Gasteiger charge is -2.27. The molecule has 1 aliphatic heterocycles. The summed E-state index contributed by atoms with van der Waals surface area (Å²) >= 11 is 3.26. The van der Waals surface area contributed by atoms with E-state index in [-0.39, 0.29) is 11.9 Å². The minimum atomic E-state index is -0.510. The fourth-order valence-corrected chi connectivity index (χ4v) is 4.38. The van der Waals surface area contributed by atoms with E-state index < -0.39 is 6.10 Å². The Morgan fingerprint density at radius 3 is 2.95 bits per heavy atom. The SMILES string of the molecule is COCC(OC)C(=O)N1CCCC1CSc1nnc(C)s1. The molecule has 0 radical (unpaired) electrons. The molecule has 0 N–H and O–H groups in total. The molecule has 1 aromatic heterocycles. The standard InChI is InChI=1S/C13H21N3O3S2/c1-9-14-15-13(21-9)20-8-10-5-4-6-16(10)12(17)11(19-3)7-18-2/h10-11H,4-8H2,1-3H3. The van der Waals surface area contributed by atoms with Crippen molar-refractivity contribution in [3.05, 3.63) is 5.01 Å². The van der Waals surface area contributed by atoms with Crippen molar-refractivity contribution < 1.29 is 14.3 Å². The number of aromatic nitrogens is 2. The third-order valence-electron chi connectivity index (χ3n) is 3.44. The van der Waals surface area contributed by atoms with Gasteiger partial charge in [-0.1, -0.05) is 23.1 Å². The second-order valence-corrected chi connectivity index (χ2v) is 7.35. The van der Waals surface area contributed by atoms with Crippen LogP contribution in [0, 0.1) is 6.92 Å². The molecule has 0 spiro atoms. The molecule has 1 saturated heterocycles. The topological polar surface area (TPSA) is 64.6 Å². The number of ether oxygens (including phenoxy) is 2. The number of hydrogen-bond acceptors (Lipinski definition) is 7. The first-order valence-electron chi connectivity index (χ1n) is 6.90. The number of amides is 1. The molecule has 2 heterocycles. The van der Waals surface area contributed by atoms with Gasteiger partial charge in [-0.05, 0) is 19.8 Å². The Hall–Kier alpha value is -0.700. The van der Waals surface area contributed by atoms with Crippen LogP contribution in [0.15, 0.2) is 4.34 Å². The van der Waals surface area contributed by atoms with Crippen LogP contribution in [0.5, 0.6) is 0 Å². The van der Waals surface area contributed by atoms with Gasteiger partial charge in [-0.2, -0.15) is 0 Å². The molecule has 0 saturated carbocycles. The summed E-state index contributed by atoms with van der Waals surface area (Å²) in [6, 6.07) is 0.237. The van der Waals surface area contributed by atoms with E-state index in [1.165, 1.54) is 0 Å². The molecule has 1 aliphatic rings. The van der Waals surface area contributed by atoms with Crippen molar-refractivity contribution in [2.75, 3.05) is 33.1 Å². The first-order chi connectivity index (χ1) is 10.2. The van der Waals surface area contributed by atoms with Gasteiger partial charge < -0.3 is 14.4 Å². The summed E-state index contributed by atoms with van der Waals surface area (Å²) < 4.78 is 11.2. The third-order valence-corrected chi connectivity index (χ3v) is 5.56. The normalized spacial score (nSPS) is 20.0. The van der Waals surface area contributed by atoms with Crippen LogP contribution in [-0.4, -0.2) is 66.3 Å². The summed E-state index contributed by atoms with van der Waals surface area (Å²) in [4.78, 5) is 14.4. The van der Waals surface area contributed by atoms with Crippen LogP contribution >= 0.6 is 23.1 Å². The summed E-state index contributed by atoms with van der Waals surface area (Å²) in [6.45, 7) is 3.03. The Kier molecular flexibility index (Phi) is 6.40. The van der Waals surface area contributed by atoms with E-state index in [1.807, 2.05) is 11.8 Å². The zero-order valence-corrected chi connectivity index (χ0v) is 14.2. The largest absolute Gasteiger partial charge is 0.381 e. The molecule has 0 aromatic carbocycles. The number of carbonyl (C=O) groups excluding carboxylic acids is 1. The van der Waals surface area contributed by atoms with Gasteiger partial charge in [0.1, 0.15) is 5.01 Å². The lowest BCUT2D eigenvalue weighted by atomic mass is 10.2. The number of rotatable bonds is 7. The quantitative estimate of drug-likeness (QED) is 0.707. The van der Waals surface area contributed by atoms with E-state index in [4.69, 9.17) is 9.47 Å². The minimum Gasteiger partial charge on any atom is -0.381 e. The highest BCUT2D eigenvalue weighted by atomic mass is 32.2. The van der Waals surface area contributed by atoms with Gasteiger partial charge >= 0.3 is 0 Å². The van der Waals surface area contributed by atoms with Crippen molar-refractivity contribution in [1.29, 1.82) is 0 Å². The van der Waals surface area contributed by atoms with Gasteiger partial charge in [0.2, 0.25) is 0 Å². The van der Waals surface area contributed by atoms with E-state index in [9.17, 15) is 4.79 Å². The summed E-state index contributed by atoms with van der Waals surface area (Å²) in [6.07, 6.45) is 1.56. The zero-order chi connectivity index (χ0) is 15.2. The van der Waals surface area contributed by atoms with Gasteiger partial charge in [-0.25, -0.2) is 0 Å². The highest BCUT2D eigenvalue weighted by molar-refractivity contribution is 8.01. The molecule has 1 amide bonds. The Labute approximate surface area is 133 Å². The maximum absolute atomic E-state index is 12.5. The van der Waals surface area contributed by atoms with Crippen molar-refractivity contribution in [2.24, 2.45) is 0 Å². The number of carbonyl (C=O) groups is 1. The molecule has 1 aromatic rings. The maximum atomic E-state index is 12.5. The van der Waals surface area contributed by atoms with Crippen LogP contribution < -0.4 is 0 Å². The van der Waals surface area contributed by atoms with Gasteiger partial charge in [0.25, 0.3) is 5.91 Å². The van der Waals surface area contributed by atoms with Gasteiger partial charge in [-0.15, -0.1) is 10.2 Å². The summed E-state index contributed by atoms with van der Waals surface area (Å²) in [5.41, 5.74) is 0. The molecular formula is C13H21N3O3S2. The predicted octanol–water partition coefficient (Wildman–Crippen LogP) is 1.59. The van der Waals surface area contributed by atoms with Crippen LogP contribution in [0.4, 0.5) is 0 Å². The van der Waals surface area contributed by atoms with Crippen LogP contribution in [0.2, 0.25) is 0 Å². The molecule has 2 unspecified atom stereocenters. The second-order valence-electron chi connectivity index (χ2n) is 4.91. The molecule has 2 rings (SSSR count). The molecule has 1 fully saturated rings. The van der Waals surface area contributed by atoms with Gasteiger partial charge in [0.05, 0.1) is 6.61 Å². The van der Waals surface area contributed by atoms with Crippen LogP contribution in [-0.2, 0) is 14.3 Å². The van der Waals surface area contributed by atoms with Crippen molar-refractivity contribution in [2.45, 2.75) is 36.3 Å². The molecule has 0 aliphatic carbocycles. The molecular weight excluding hydrogens is 310 g/mol. The maximum Gasteiger partial charge on any atom is 0.254 e. The van der Waals surface area contributed by atoms with E-state index in [1.54, 1.807) is 37.3 Å². The van der Waals surface area contributed by atoms with Gasteiger partial charge in [0.15, 0.2) is 10.4 Å². The van der Waals surface area contributed by atoms with E-state index in [0.29, 0.717) is 6.61 Å². The van der Waals surface area contributed by atoms with Crippen molar-refractivity contribution >= 4 is 29.0 Å². The summed E-state index contributed by atoms with van der Waals surface area (Å²) in [7, 11) is 3.12. The smallest absolute Gasteiger partial charge is 0.254 e. The first-order valence-corrected chi connectivity index (χ1v) is 8.71. The van der Waals surface area contributed by atoms with Crippen LogP contribution in [0.1, 0.15) is 17.8 Å². The van der Waals surface area contributed by atoms with E-state index in [0.717, 1.165) is 34.5 Å². The van der Waals surface area contributed by atoms with E-state index >= 15 is 0 Å². The number of nitrogens with zero attached hydrogens (tertiary/aromatic N) is 3. The van der Waals surface area contributed by atoms with Crippen LogP contribution in [0.25, 0.3) is 0 Å². The Morgan fingerprint density at radius 2 is 2.33 bits per heavy atom. The van der Waals surface area contributed by atoms with Crippen molar-refractivity contribution in [3.63, 3.8) is 0 Å². The number of likely N-dealkylation sites (tertiary alicyclic amines) is 1. The predicted molar refractivity (Wildman–Crippen MR) is 82.8 cm³/mol. The molecule has 21 heavy (non-hydrogen) atoms. The second kappa shape index (κ2) is 8.07. The highest BCUT2D eigenvalue weighted by Gasteiger charge is 2.33. The minimum absolute atomic E-state index is 0.0240. The van der Waals surface area contributed by atoms with Crippen molar-refractivity contribution in [3.8, 4) is 0 Å². The third kappa shape index (κ3) is 4.38. The fraction of sp³-hybridized carbons (Fsp3) is 0.769. The molecule has 8 heteroatoms. The highest BCUT2D eigenvalue weighted by Crippen LogP contribution is 2.28. The molecule has 118 valence electrons. The Balaban J connectivity index is 1.91. The van der Waals surface area contributed by atoms with Gasteiger partial charge in [0, 0.05) is 32.6 Å². The van der Waals surface area contributed by atoms with Gasteiger partial charge in [-0.3, -0.25) is 4.79 Å². The summed E-state index contributed by atoms with van der Waals surface area (Å²) in [5, 5.41) is 9.09. The lowest BCUT2D eigenvalue weighted by molar-refractivity contribution is -0.145. The Morgan fingerprint density at radius 1 is 1.52 bits per heavy atom. The summed E-state index contributed by atoms with van der Waals surface area (Å²) in [5.74, 6) is 0.875. The average molecular weight is 331 g/mol. The molecule has 2 atom stereocenters. The van der Waals surface area contributed by atoms with Crippen LogP contribution in [0.3, 0.4) is 0 Å². The first kappa shape index (κ1) is 16.7. The lowest BCUT2D eigenvalue weighted by Crippen LogP contribution is -2.45. The molecule has 6 nitrogen and oxygen atoms in total. The number of methoxy groups -OCH3 is 2. The fourth-order valence-electron chi connectivity index (χ4n) is 2.38. The zero-order valence-electron chi connectivity index (χ0n) is 12.6. The monoisotopic (exact) mass is 331 g/mol. The Bertz CT molecular complexity index is 469. The number of aryl methyl sites for hydroxylation is 1. The average Bonchev–Trinajstić information content (AvgIpc) is 3.10. The molecule has 0 bridgehead atoms. The number of hydrogen-bond donors (Lipinski definition) is 0.